The molecular formula is C15H21N3O. The summed E-state index contributed by atoms with van der Waals surface area (Å²) in [5, 5.41) is 3.34. The quantitative estimate of drug-likeness (QED) is 0.866. The summed E-state index contributed by atoms with van der Waals surface area (Å²) in [5.74, 6) is 1.99. The van der Waals surface area contributed by atoms with Crippen LogP contribution in [0, 0.1) is 6.92 Å². The van der Waals surface area contributed by atoms with Crippen LogP contribution >= 0.6 is 0 Å². The van der Waals surface area contributed by atoms with E-state index in [1.54, 1.807) is 6.26 Å². The van der Waals surface area contributed by atoms with Crippen molar-refractivity contribution in [2.45, 2.75) is 26.9 Å². The fraction of sp³-hybridized carbons (Fsp3) is 0.400. The van der Waals surface area contributed by atoms with Crippen molar-refractivity contribution < 1.29 is 4.42 Å². The number of aromatic nitrogens is 1. The van der Waals surface area contributed by atoms with Gasteiger partial charge < -0.3 is 14.6 Å². The molecule has 2 rings (SSSR count). The highest BCUT2D eigenvalue weighted by Gasteiger charge is 2.11. The van der Waals surface area contributed by atoms with Gasteiger partial charge in [0.1, 0.15) is 11.6 Å². The molecule has 0 radical (unpaired) electrons. The number of nitrogens with zero attached hydrogens (tertiary/aromatic N) is 2. The number of rotatable bonds is 6. The van der Waals surface area contributed by atoms with Crippen molar-refractivity contribution in [1.82, 2.24) is 10.3 Å². The normalized spacial score (nSPS) is 10.7. The molecule has 102 valence electrons. The van der Waals surface area contributed by atoms with Gasteiger partial charge in [0.25, 0.3) is 0 Å². The Morgan fingerprint density at radius 2 is 2.16 bits per heavy atom. The Bertz CT molecular complexity index is 522. The van der Waals surface area contributed by atoms with Gasteiger partial charge >= 0.3 is 0 Å². The highest BCUT2D eigenvalue weighted by Crippen LogP contribution is 2.19. The predicted octanol–water partition coefficient (Wildman–Crippen LogP) is 2.73. The Kier molecular flexibility index (Phi) is 4.58. The van der Waals surface area contributed by atoms with Crippen molar-refractivity contribution in [3.63, 3.8) is 0 Å². The molecule has 0 aliphatic rings. The van der Waals surface area contributed by atoms with Crippen molar-refractivity contribution in [1.29, 1.82) is 0 Å². The Morgan fingerprint density at radius 1 is 1.32 bits per heavy atom. The van der Waals surface area contributed by atoms with Gasteiger partial charge in [-0.1, -0.05) is 13.0 Å². The SMILES string of the molecule is CCNCc1cccnc1N(C)Cc1ccoc1C. The fourth-order valence-corrected chi connectivity index (χ4v) is 2.08. The van der Waals surface area contributed by atoms with Crippen LogP contribution in [0.5, 0.6) is 0 Å². The van der Waals surface area contributed by atoms with E-state index in [1.807, 2.05) is 25.3 Å². The zero-order valence-electron chi connectivity index (χ0n) is 11.8. The standard InChI is InChI=1S/C15H21N3O/c1-4-16-10-13-6-5-8-17-15(13)18(3)11-14-7-9-19-12(14)2/h5-9,16H,4,10-11H2,1-3H3. The molecule has 0 aromatic carbocycles. The second-order valence-corrected chi connectivity index (χ2v) is 4.62. The lowest BCUT2D eigenvalue weighted by molar-refractivity contribution is 0.529. The van der Waals surface area contributed by atoms with Crippen molar-refractivity contribution in [2.75, 3.05) is 18.5 Å². The number of anilines is 1. The second kappa shape index (κ2) is 6.38. The zero-order chi connectivity index (χ0) is 13.7. The molecule has 2 aromatic heterocycles. The molecule has 0 saturated heterocycles. The van der Waals surface area contributed by atoms with Crippen LogP contribution in [0.1, 0.15) is 23.8 Å². The van der Waals surface area contributed by atoms with Crippen LogP contribution in [0.3, 0.4) is 0 Å². The number of hydrogen-bond donors (Lipinski definition) is 1. The lowest BCUT2D eigenvalue weighted by atomic mass is 10.2. The van der Waals surface area contributed by atoms with E-state index >= 15 is 0 Å². The molecule has 0 spiro atoms. The van der Waals surface area contributed by atoms with Gasteiger partial charge in [0.15, 0.2) is 0 Å². The van der Waals surface area contributed by atoms with E-state index in [-0.39, 0.29) is 0 Å². The maximum Gasteiger partial charge on any atom is 0.133 e. The van der Waals surface area contributed by atoms with E-state index in [2.05, 4.69) is 35.2 Å². The van der Waals surface area contributed by atoms with Gasteiger partial charge in [0.2, 0.25) is 0 Å². The summed E-state index contributed by atoms with van der Waals surface area (Å²) in [6.45, 7) is 6.70. The Balaban J connectivity index is 2.14. The fourth-order valence-electron chi connectivity index (χ4n) is 2.08. The third-order valence-electron chi connectivity index (χ3n) is 3.17. The van der Waals surface area contributed by atoms with Crippen LogP contribution in [0.2, 0.25) is 0 Å². The minimum absolute atomic E-state index is 0.804. The first kappa shape index (κ1) is 13.6. The van der Waals surface area contributed by atoms with Crippen LogP contribution in [0.4, 0.5) is 5.82 Å². The molecule has 1 N–H and O–H groups in total. The molecule has 0 atom stereocenters. The van der Waals surface area contributed by atoms with Crippen LogP contribution in [-0.2, 0) is 13.1 Å². The summed E-state index contributed by atoms with van der Waals surface area (Å²) in [7, 11) is 2.06. The summed E-state index contributed by atoms with van der Waals surface area (Å²) in [5.41, 5.74) is 2.41. The van der Waals surface area contributed by atoms with Crippen LogP contribution in [0.15, 0.2) is 35.1 Å². The largest absolute Gasteiger partial charge is 0.469 e. The van der Waals surface area contributed by atoms with E-state index in [1.165, 1.54) is 11.1 Å². The van der Waals surface area contributed by atoms with Gasteiger partial charge in [-0.3, -0.25) is 0 Å². The van der Waals surface area contributed by atoms with Crippen LogP contribution < -0.4 is 10.2 Å². The lowest BCUT2D eigenvalue weighted by Crippen LogP contribution is -2.21. The Morgan fingerprint density at radius 3 is 2.84 bits per heavy atom. The molecule has 0 unspecified atom stereocenters. The number of pyridine rings is 1. The van der Waals surface area contributed by atoms with Crippen LogP contribution in [0.25, 0.3) is 0 Å². The highest BCUT2D eigenvalue weighted by molar-refractivity contribution is 5.46. The van der Waals surface area contributed by atoms with E-state index in [9.17, 15) is 0 Å². The molecule has 19 heavy (non-hydrogen) atoms. The molecule has 0 amide bonds. The number of aryl methyl sites for hydroxylation is 1. The maximum absolute atomic E-state index is 5.34. The minimum Gasteiger partial charge on any atom is -0.469 e. The number of nitrogens with one attached hydrogen (secondary N) is 1. The Hall–Kier alpha value is -1.81. The average Bonchev–Trinajstić information content (AvgIpc) is 2.82. The van der Waals surface area contributed by atoms with Crippen molar-refractivity contribution in [3.05, 3.63) is 47.5 Å². The number of furan rings is 1. The molecule has 2 aromatic rings. The monoisotopic (exact) mass is 259 g/mol. The minimum atomic E-state index is 0.804. The summed E-state index contributed by atoms with van der Waals surface area (Å²) in [6, 6.07) is 6.11. The second-order valence-electron chi connectivity index (χ2n) is 4.62. The molecule has 0 aliphatic heterocycles. The highest BCUT2D eigenvalue weighted by atomic mass is 16.3. The summed E-state index contributed by atoms with van der Waals surface area (Å²) in [4.78, 5) is 6.65. The zero-order valence-corrected chi connectivity index (χ0v) is 11.8. The van der Waals surface area contributed by atoms with Crippen molar-refractivity contribution in [2.24, 2.45) is 0 Å². The molecular weight excluding hydrogens is 238 g/mol. The third-order valence-corrected chi connectivity index (χ3v) is 3.17. The van der Waals surface area contributed by atoms with Gasteiger partial charge in [-0.15, -0.1) is 0 Å². The first-order valence-corrected chi connectivity index (χ1v) is 6.61. The van der Waals surface area contributed by atoms with Crippen molar-refractivity contribution >= 4 is 5.82 Å². The summed E-state index contributed by atoms with van der Waals surface area (Å²) in [6.07, 6.45) is 3.57. The molecule has 4 heteroatoms. The van der Waals surface area contributed by atoms with Gasteiger partial charge in [0, 0.05) is 37.5 Å². The first-order chi connectivity index (χ1) is 9.22. The molecule has 0 aliphatic carbocycles. The molecule has 0 fully saturated rings. The summed E-state index contributed by atoms with van der Waals surface area (Å²) >= 11 is 0. The third kappa shape index (κ3) is 3.35. The van der Waals surface area contributed by atoms with E-state index in [0.29, 0.717) is 0 Å². The lowest BCUT2D eigenvalue weighted by Gasteiger charge is -2.21. The molecule has 0 saturated carbocycles. The van der Waals surface area contributed by atoms with Crippen LogP contribution in [-0.4, -0.2) is 18.6 Å². The summed E-state index contributed by atoms with van der Waals surface area (Å²) < 4.78 is 5.34. The first-order valence-electron chi connectivity index (χ1n) is 6.61. The molecule has 2 heterocycles. The number of hydrogen-bond acceptors (Lipinski definition) is 4. The van der Waals surface area contributed by atoms with E-state index in [4.69, 9.17) is 4.42 Å². The van der Waals surface area contributed by atoms with Gasteiger partial charge in [-0.2, -0.15) is 0 Å². The molecule has 4 nitrogen and oxygen atoms in total. The van der Waals surface area contributed by atoms with Crippen molar-refractivity contribution in [3.8, 4) is 0 Å². The van der Waals surface area contributed by atoms with Gasteiger partial charge in [-0.25, -0.2) is 4.98 Å². The average molecular weight is 259 g/mol. The molecule has 0 bridgehead atoms. The maximum atomic E-state index is 5.34. The topological polar surface area (TPSA) is 41.3 Å². The Labute approximate surface area is 114 Å². The van der Waals surface area contributed by atoms with E-state index < -0.39 is 0 Å². The van der Waals surface area contributed by atoms with E-state index in [0.717, 1.165) is 31.2 Å². The van der Waals surface area contributed by atoms with Gasteiger partial charge in [0.05, 0.1) is 6.26 Å². The smallest absolute Gasteiger partial charge is 0.133 e. The predicted molar refractivity (Wildman–Crippen MR) is 77.2 cm³/mol. The van der Waals surface area contributed by atoms with Gasteiger partial charge in [-0.05, 0) is 25.6 Å².